The lowest BCUT2D eigenvalue weighted by Gasteiger charge is -2.15. The van der Waals surface area contributed by atoms with Crippen molar-refractivity contribution in [1.29, 1.82) is 0 Å². The third-order valence-electron chi connectivity index (χ3n) is 3.90. The molecule has 1 aliphatic heterocycles. The molecule has 1 aliphatic rings. The molecule has 0 saturated heterocycles. The van der Waals surface area contributed by atoms with E-state index in [0.717, 1.165) is 52.3 Å². The molecular weight excluding hydrogens is 392 g/mol. The van der Waals surface area contributed by atoms with Crippen molar-refractivity contribution in [2.24, 2.45) is 4.99 Å². The number of rotatable bonds is 5. The summed E-state index contributed by atoms with van der Waals surface area (Å²) in [5.41, 5.74) is 2.17. The Morgan fingerprint density at radius 2 is 2.09 bits per heavy atom. The predicted octanol–water partition coefficient (Wildman–Crippen LogP) is 4.62. The Hall–Kier alpha value is -0.363. The number of allylic oxidation sites excluding steroid dienone is 1. The SMILES string of the molecule is C/C1=C/N=c2\c(cc(Br)n2COCC[Si](C)(C)C)=C(\Cl)CCC1. The molecular formula is C17H26BrClN2OSi. The lowest BCUT2D eigenvalue weighted by molar-refractivity contribution is 0.0834. The molecule has 0 N–H and O–H groups in total. The summed E-state index contributed by atoms with van der Waals surface area (Å²) in [4.78, 5) is 4.68. The molecule has 0 unspecified atom stereocenters. The van der Waals surface area contributed by atoms with Gasteiger partial charge in [0.2, 0.25) is 0 Å². The fraction of sp³-hybridized carbons (Fsp3) is 0.588. The first-order valence-corrected chi connectivity index (χ1v) is 13.0. The van der Waals surface area contributed by atoms with Gasteiger partial charge in [-0.2, -0.15) is 0 Å². The van der Waals surface area contributed by atoms with E-state index < -0.39 is 8.07 Å². The number of aromatic nitrogens is 1. The van der Waals surface area contributed by atoms with Crippen LogP contribution in [0.2, 0.25) is 25.7 Å². The normalized spacial score (nSPS) is 22.2. The van der Waals surface area contributed by atoms with Crippen LogP contribution < -0.4 is 10.7 Å². The van der Waals surface area contributed by atoms with Gasteiger partial charge >= 0.3 is 0 Å². The zero-order valence-electron chi connectivity index (χ0n) is 14.5. The molecule has 0 spiro atoms. The van der Waals surface area contributed by atoms with E-state index in [4.69, 9.17) is 16.3 Å². The molecule has 23 heavy (non-hydrogen) atoms. The molecule has 0 bridgehead atoms. The van der Waals surface area contributed by atoms with Crippen LogP contribution in [-0.2, 0) is 11.5 Å². The summed E-state index contributed by atoms with van der Waals surface area (Å²) in [7, 11) is -1.07. The summed E-state index contributed by atoms with van der Waals surface area (Å²) in [6.45, 7) is 10.5. The molecule has 0 fully saturated rings. The highest BCUT2D eigenvalue weighted by molar-refractivity contribution is 9.10. The van der Waals surface area contributed by atoms with Crippen LogP contribution in [0.25, 0.3) is 5.03 Å². The third-order valence-corrected chi connectivity index (χ3v) is 6.66. The smallest absolute Gasteiger partial charge is 0.143 e. The first-order chi connectivity index (χ1) is 10.8. The molecule has 0 aliphatic carbocycles. The summed E-state index contributed by atoms with van der Waals surface area (Å²) in [5, 5.41) is 1.90. The van der Waals surface area contributed by atoms with Gasteiger partial charge in [-0.05, 0) is 54.2 Å². The van der Waals surface area contributed by atoms with Crippen LogP contribution >= 0.6 is 27.5 Å². The Morgan fingerprint density at radius 3 is 2.78 bits per heavy atom. The minimum atomic E-state index is -1.07. The van der Waals surface area contributed by atoms with Gasteiger partial charge in [-0.1, -0.05) is 36.8 Å². The van der Waals surface area contributed by atoms with Crippen molar-refractivity contribution in [3.63, 3.8) is 0 Å². The Labute approximate surface area is 153 Å². The molecule has 0 amide bonds. The minimum absolute atomic E-state index is 0.501. The molecule has 6 heteroatoms. The zero-order valence-corrected chi connectivity index (χ0v) is 17.8. The molecule has 0 atom stereocenters. The molecule has 0 radical (unpaired) electrons. The van der Waals surface area contributed by atoms with E-state index in [1.54, 1.807) is 0 Å². The van der Waals surface area contributed by atoms with Crippen LogP contribution in [0.3, 0.4) is 0 Å². The fourth-order valence-corrected chi connectivity index (χ4v) is 3.93. The van der Waals surface area contributed by atoms with Gasteiger partial charge < -0.3 is 4.74 Å². The van der Waals surface area contributed by atoms with Crippen molar-refractivity contribution in [1.82, 2.24) is 4.57 Å². The van der Waals surface area contributed by atoms with Crippen molar-refractivity contribution < 1.29 is 4.74 Å². The van der Waals surface area contributed by atoms with Crippen LogP contribution in [0, 0.1) is 0 Å². The van der Waals surface area contributed by atoms with Crippen molar-refractivity contribution in [2.75, 3.05) is 6.61 Å². The standard InChI is InChI=1S/C17H26BrClN2OSi/c1-13-6-5-7-15(19)14-10-16(18)21(17(14)20-11-13)12-22-8-9-23(2,3)4/h10-11H,5-9,12H2,1-4H3/b13-11-,15-14+,20-17+. The maximum atomic E-state index is 6.51. The molecule has 1 aromatic rings. The van der Waals surface area contributed by atoms with Crippen molar-refractivity contribution >= 4 is 40.6 Å². The number of hydrogen-bond donors (Lipinski definition) is 0. The Kier molecular flexibility index (Phi) is 6.72. The van der Waals surface area contributed by atoms with Gasteiger partial charge in [-0.3, -0.25) is 4.57 Å². The largest absolute Gasteiger partial charge is 0.361 e. The van der Waals surface area contributed by atoms with Crippen molar-refractivity contribution in [2.45, 2.75) is 58.6 Å². The molecule has 3 nitrogen and oxygen atoms in total. The lowest BCUT2D eigenvalue weighted by Crippen LogP contribution is -2.31. The second-order valence-electron chi connectivity index (χ2n) is 7.34. The van der Waals surface area contributed by atoms with Gasteiger partial charge in [-0.15, -0.1) is 0 Å². The minimum Gasteiger partial charge on any atom is -0.361 e. The second kappa shape index (κ2) is 8.14. The summed E-state index contributed by atoms with van der Waals surface area (Å²) in [6, 6.07) is 3.22. The maximum absolute atomic E-state index is 6.51. The van der Waals surface area contributed by atoms with E-state index in [1.807, 2.05) is 6.20 Å². The molecule has 2 heterocycles. The number of nitrogens with zero attached hydrogens (tertiary/aromatic N) is 2. The van der Waals surface area contributed by atoms with Crippen LogP contribution in [0.15, 0.2) is 27.4 Å². The van der Waals surface area contributed by atoms with Gasteiger partial charge in [0.15, 0.2) is 0 Å². The number of halogens is 2. The second-order valence-corrected chi connectivity index (χ2v) is 14.2. The maximum Gasteiger partial charge on any atom is 0.143 e. The fourth-order valence-electron chi connectivity index (χ4n) is 2.40. The highest BCUT2D eigenvalue weighted by atomic mass is 79.9. The first kappa shape index (κ1) is 19.0. The van der Waals surface area contributed by atoms with Gasteiger partial charge in [0.1, 0.15) is 12.2 Å². The number of fused-ring (bicyclic) bond motifs is 1. The van der Waals surface area contributed by atoms with E-state index in [2.05, 4.69) is 58.1 Å². The van der Waals surface area contributed by atoms with Gasteiger partial charge in [-0.25, -0.2) is 4.99 Å². The van der Waals surface area contributed by atoms with Crippen molar-refractivity contribution in [3.05, 3.63) is 33.1 Å². The zero-order chi connectivity index (χ0) is 17.0. The van der Waals surface area contributed by atoms with E-state index in [1.165, 1.54) is 5.57 Å². The summed E-state index contributed by atoms with van der Waals surface area (Å²) < 4.78 is 8.92. The average Bonchev–Trinajstić information content (AvgIpc) is 2.78. The Balaban J connectivity index is 2.29. The van der Waals surface area contributed by atoms with Crippen LogP contribution in [0.5, 0.6) is 0 Å². The third kappa shape index (κ3) is 5.59. The monoisotopic (exact) mass is 416 g/mol. The van der Waals surface area contributed by atoms with E-state index in [-0.39, 0.29) is 0 Å². The summed E-state index contributed by atoms with van der Waals surface area (Å²) in [5.74, 6) is 0. The predicted molar refractivity (Wildman–Crippen MR) is 104 cm³/mol. The van der Waals surface area contributed by atoms with Gasteiger partial charge in [0.05, 0.1) is 4.60 Å². The number of hydrogen-bond acceptors (Lipinski definition) is 2. The Morgan fingerprint density at radius 1 is 1.35 bits per heavy atom. The molecule has 1 aromatic heterocycles. The van der Waals surface area contributed by atoms with Crippen LogP contribution in [-0.4, -0.2) is 19.2 Å². The first-order valence-electron chi connectivity index (χ1n) is 8.13. The van der Waals surface area contributed by atoms with Crippen molar-refractivity contribution in [3.8, 4) is 0 Å². The summed E-state index contributed by atoms with van der Waals surface area (Å²) in [6.07, 6.45) is 4.95. The van der Waals surface area contributed by atoms with Crippen LogP contribution in [0.1, 0.15) is 26.2 Å². The number of ether oxygens (including phenoxy) is 1. The highest BCUT2D eigenvalue weighted by Crippen LogP contribution is 2.17. The van der Waals surface area contributed by atoms with Gasteiger partial charge in [0.25, 0.3) is 0 Å². The topological polar surface area (TPSA) is 26.5 Å². The van der Waals surface area contributed by atoms with E-state index in [0.29, 0.717) is 6.73 Å². The van der Waals surface area contributed by atoms with E-state index >= 15 is 0 Å². The quantitative estimate of drug-likeness (QED) is 0.507. The average molecular weight is 418 g/mol. The Bertz CT molecular complexity index is 703. The summed E-state index contributed by atoms with van der Waals surface area (Å²) >= 11 is 10.1. The van der Waals surface area contributed by atoms with Crippen LogP contribution in [0.4, 0.5) is 0 Å². The van der Waals surface area contributed by atoms with Gasteiger partial charge in [0, 0.05) is 31.1 Å². The lowest BCUT2D eigenvalue weighted by atomic mass is 10.1. The molecule has 128 valence electrons. The molecule has 0 aromatic carbocycles. The molecule has 2 rings (SSSR count). The van der Waals surface area contributed by atoms with E-state index in [9.17, 15) is 0 Å². The molecule has 0 saturated carbocycles. The highest BCUT2D eigenvalue weighted by Gasteiger charge is 2.13.